The molecule has 1 heterocycles. The van der Waals surface area contributed by atoms with Gasteiger partial charge in [-0.2, -0.15) is 5.26 Å². The largest absolute Gasteiger partial charge is 0.358 e. The molecule has 1 aliphatic rings. The quantitative estimate of drug-likeness (QED) is 0.780. The number of carbonyl (C=O) groups excluding carboxylic acids is 1. The first-order valence-electron chi connectivity index (χ1n) is 8.26. The lowest BCUT2D eigenvalue weighted by Crippen LogP contribution is -2.28. The second-order valence-corrected chi connectivity index (χ2v) is 8.66. The Morgan fingerprint density at radius 2 is 2.21 bits per heavy atom. The molecule has 1 aliphatic carbocycles. The smallest absolute Gasteiger partial charge is 0.235 e. The molecule has 0 saturated carbocycles. The normalized spacial score (nSPS) is 16.2. The Morgan fingerprint density at radius 1 is 1.50 bits per heavy atom. The second kappa shape index (κ2) is 8.84. The number of thioether (sulfide) groups is 1. The summed E-state index contributed by atoms with van der Waals surface area (Å²) in [7, 11) is 0. The third-order valence-electron chi connectivity index (χ3n) is 4.22. The number of fused-ring (bicyclic) bond motifs is 1. The first-order chi connectivity index (χ1) is 11.5. The van der Waals surface area contributed by atoms with E-state index in [2.05, 4.69) is 23.2 Å². The molecular formula is C17H23N3OS3. The van der Waals surface area contributed by atoms with Crippen LogP contribution in [0.3, 0.4) is 0 Å². The number of nitrogens with zero attached hydrogens (tertiary/aromatic N) is 2. The van der Waals surface area contributed by atoms with Crippen LogP contribution in [-0.4, -0.2) is 34.0 Å². The molecule has 1 amide bonds. The van der Waals surface area contributed by atoms with Gasteiger partial charge in [-0.3, -0.25) is 4.79 Å². The minimum Gasteiger partial charge on any atom is -0.358 e. The van der Waals surface area contributed by atoms with Gasteiger partial charge in [0, 0.05) is 18.0 Å². The number of hydrogen-bond donors (Lipinski definition) is 1. The average molecular weight is 382 g/mol. The Morgan fingerprint density at radius 3 is 2.83 bits per heavy atom. The number of nitriles is 1. The van der Waals surface area contributed by atoms with E-state index in [-0.39, 0.29) is 11.7 Å². The zero-order chi connectivity index (χ0) is 17.7. The van der Waals surface area contributed by atoms with Gasteiger partial charge in [0.25, 0.3) is 0 Å². The Labute approximate surface area is 157 Å². The molecule has 0 spiro atoms. The van der Waals surface area contributed by atoms with Crippen molar-refractivity contribution < 1.29 is 4.79 Å². The highest BCUT2D eigenvalue weighted by Crippen LogP contribution is 2.39. The zero-order valence-corrected chi connectivity index (χ0v) is 16.8. The number of amides is 1. The molecule has 7 heteroatoms. The number of anilines is 1. The number of hydrogen-bond acceptors (Lipinski definition) is 5. The summed E-state index contributed by atoms with van der Waals surface area (Å²) in [6.45, 7) is 8.02. The maximum atomic E-state index is 12.2. The molecule has 130 valence electrons. The summed E-state index contributed by atoms with van der Waals surface area (Å²) in [6.07, 6.45) is 3.05. The van der Waals surface area contributed by atoms with Crippen molar-refractivity contribution in [2.75, 3.05) is 24.2 Å². The molecule has 4 nitrogen and oxygen atoms in total. The summed E-state index contributed by atoms with van der Waals surface area (Å²) in [4.78, 5) is 15.6. The molecule has 0 unspecified atom stereocenters. The van der Waals surface area contributed by atoms with Crippen molar-refractivity contribution in [1.82, 2.24) is 4.90 Å². The van der Waals surface area contributed by atoms with Crippen molar-refractivity contribution in [3.05, 3.63) is 16.0 Å². The Hall–Kier alpha value is -1.10. The maximum Gasteiger partial charge on any atom is 0.235 e. The van der Waals surface area contributed by atoms with Crippen molar-refractivity contribution in [2.45, 2.75) is 40.0 Å². The van der Waals surface area contributed by atoms with E-state index in [4.69, 9.17) is 12.2 Å². The molecule has 0 saturated heterocycles. The second-order valence-electron chi connectivity index (χ2n) is 5.94. The van der Waals surface area contributed by atoms with Gasteiger partial charge in [0.05, 0.1) is 11.3 Å². The van der Waals surface area contributed by atoms with Gasteiger partial charge in [0.1, 0.15) is 15.4 Å². The van der Waals surface area contributed by atoms with E-state index >= 15 is 0 Å². The van der Waals surface area contributed by atoms with Crippen LogP contribution in [0.4, 0.5) is 5.00 Å². The van der Waals surface area contributed by atoms with Crippen molar-refractivity contribution >= 4 is 50.5 Å². The molecule has 0 bridgehead atoms. The van der Waals surface area contributed by atoms with Crippen LogP contribution in [0.15, 0.2) is 0 Å². The summed E-state index contributed by atoms with van der Waals surface area (Å²) in [5.74, 6) is 0.824. The number of carbonyl (C=O) groups is 1. The summed E-state index contributed by atoms with van der Waals surface area (Å²) in [5, 5.41) is 13.1. The van der Waals surface area contributed by atoms with E-state index in [0.29, 0.717) is 16.5 Å². The van der Waals surface area contributed by atoms with Crippen molar-refractivity contribution in [3.8, 4) is 6.07 Å². The van der Waals surface area contributed by atoms with Crippen LogP contribution in [0.2, 0.25) is 0 Å². The maximum absolute atomic E-state index is 12.2. The zero-order valence-electron chi connectivity index (χ0n) is 14.3. The van der Waals surface area contributed by atoms with Gasteiger partial charge in [-0.15, -0.1) is 11.3 Å². The molecule has 0 aromatic carbocycles. The first-order valence-corrected chi connectivity index (χ1v) is 10.5. The van der Waals surface area contributed by atoms with Gasteiger partial charge in [-0.1, -0.05) is 30.9 Å². The highest BCUT2D eigenvalue weighted by molar-refractivity contribution is 8.23. The topological polar surface area (TPSA) is 56.1 Å². The molecule has 1 atom stereocenters. The van der Waals surface area contributed by atoms with Crippen LogP contribution in [0, 0.1) is 17.2 Å². The minimum absolute atomic E-state index is 0.0994. The van der Waals surface area contributed by atoms with Gasteiger partial charge < -0.3 is 10.2 Å². The lowest BCUT2D eigenvalue weighted by Gasteiger charge is -2.20. The molecular weight excluding hydrogens is 358 g/mol. The molecule has 1 aromatic rings. The van der Waals surface area contributed by atoms with Crippen LogP contribution >= 0.6 is 35.3 Å². The van der Waals surface area contributed by atoms with Gasteiger partial charge in [0.2, 0.25) is 5.91 Å². The molecule has 0 radical (unpaired) electrons. The summed E-state index contributed by atoms with van der Waals surface area (Å²) in [6, 6.07) is 2.28. The SMILES string of the molecule is CCN(CC)C(=S)SCC(=O)Nc1sc2c(c1C#N)CC[C@H](C)C2. The van der Waals surface area contributed by atoms with Crippen LogP contribution in [0.5, 0.6) is 0 Å². The first kappa shape index (κ1) is 19.2. The molecule has 0 fully saturated rings. The van der Waals surface area contributed by atoms with E-state index in [1.54, 1.807) is 11.3 Å². The van der Waals surface area contributed by atoms with Crippen molar-refractivity contribution in [1.29, 1.82) is 5.26 Å². The van der Waals surface area contributed by atoms with Crippen LogP contribution in [-0.2, 0) is 17.6 Å². The van der Waals surface area contributed by atoms with E-state index in [1.807, 2.05) is 13.8 Å². The van der Waals surface area contributed by atoms with Crippen molar-refractivity contribution in [3.63, 3.8) is 0 Å². The predicted molar refractivity (Wildman–Crippen MR) is 107 cm³/mol. The van der Waals surface area contributed by atoms with Gasteiger partial charge in [-0.05, 0) is 44.6 Å². The van der Waals surface area contributed by atoms with Gasteiger partial charge in [0.15, 0.2) is 0 Å². The third-order valence-corrected chi connectivity index (χ3v) is 6.92. The van der Waals surface area contributed by atoms with Crippen LogP contribution in [0.25, 0.3) is 0 Å². The third kappa shape index (κ3) is 4.50. The summed E-state index contributed by atoms with van der Waals surface area (Å²) in [5.41, 5.74) is 1.80. The Balaban J connectivity index is 2.00. The lowest BCUT2D eigenvalue weighted by atomic mass is 9.89. The Bertz CT molecular complexity index is 659. The molecule has 1 aromatic heterocycles. The standard InChI is InChI=1S/C17H23N3OS3/c1-4-20(5-2)17(22)23-10-15(21)19-16-13(9-18)12-7-6-11(3)8-14(12)24-16/h11H,4-8,10H2,1-3H3,(H,19,21)/t11-/m0/s1. The van der Waals surface area contributed by atoms with Gasteiger partial charge >= 0.3 is 0 Å². The predicted octanol–water partition coefficient (Wildman–Crippen LogP) is 4.04. The van der Waals surface area contributed by atoms with E-state index in [1.165, 1.54) is 16.6 Å². The van der Waals surface area contributed by atoms with E-state index in [0.717, 1.165) is 42.2 Å². The summed E-state index contributed by atoms with van der Waals surface area (Å²) < 4.78 is 0.745. The number of nitrogens with one attached hydrogen (secondary N) is 1. The number of thiophene rings is 1. The van der Waals surface area contributed by atoms with Crippen LogP contribution < -0.4 is 5.32 Å². The fourth-order valence-electron chi connectivity index (χ4n) is 2.82. The fraction of sp³-hybridized carbons (Fsp3) is 0.588. The van der Waals surface area contributed by atoms with E-state index < -0.39 is 0 Å². The molecule has 24 heavy (non-hydrogen) atoms. The fourth-order valence-corrected chi connectivity index (χ4v) is 5.40. The Kier molecular flexibility index (Phi) is 7.08. The van der Waals surface area contributed by atoms with E-state index in [9.17, 15) is 10.1 Å². The van der Waals surface area contributed by atoms with Crippen molar-refractivity contribution in [2.24, 2.45) is 5.92 Å². The number of rotatable bonds is 5. The highest BCUT2D eigenvalue weighted by Gasteiger charge is 2.24. The molecule has 1 N–H and O–H groups in total. The average Bonchev–Trinajstić information content (AvgIpc) is 2.89. The molecule has 0 aliphatic heterocycles. The number of thiocarbonyl (C=S) groups is 1. The van der Waals surface area contributed by atoms with Crippen LogP contribution in [0.1, 0.15) is 43.2 Å². The summed E-state index contributed by atoms with van der Waals surface area (Å²) >= 11 is 8.29. The monoisotopic (exact) mass is 381 g/mol. The molecule has 2 rings (SSSR count). The highest BCUT2D eigenvalue weighted by atomic mass is 32.2. The minimum atomic E-state index is -0.0994. The van der Waals surface area contributed by atoms with Gasteiger partial charge in [-0.25, -0.2) is 0 Å². The lowest BCUT2D eigenvalue weighted by molar-refractivity contribution is -0.113.